The van der Waals surface area contributed by atoms with E-state index in [-0.39, 0.29) is 0 Å². The first-order chi connectivity index (χ1) is 9.15. The van der Waals surface area contributed by atoms with Crippen molar-refractivity contribution in [1.29, 1.82) is 0 Å². The van der Waals surface area contributed by atoms with Gasteiger partial charge in [-0.15, -0.1) is 0 Å². The van der Waals surface area contributed by atoms with E-state index in [0.717, 1.165) is 36.7 Å². The largest absolute Gasteiger partial charge is 0.352 e. The smallest absolute Gasteiger partial charge is 0.154 e. The van der Waals surface area contributed by atoms with Crippen LogP contribution in [0.4, 0.5) is 5.82 Å². The molecule has 5 heteroatoms. The summed E-state index contributed by atoms with van der Waals surface area (Å²) in [7, 11) is 0. The van der Waals surface area contributed by atoms with Gasteiger partial charge in [-0.05, 0) is 18.9 Å². The zero-order valence-corrected chi connectivity index (χ0v) is 11.8. The van der Waals surface area contributed by atoms with Crippen LogP contribution in [0.1, 0.15) is 32.4 Å². The highest BCUT2D eigenvalue weighted by atomic mass is 15.3. The maximum atomic E-state index is 4.62. The van der Waals surface area contributed by atoms with Crippen molar-refractivity contribution in [2.24, 2.45) is 0 Å². The Balaban J connectivity index is 2.02. The molecule has 1 aliphatic rings. The summed E-state index contributed by atoms with van der Waals surface area (Å²) in [6, 6.07) is 2.67. The molecule has 0 saturated carbocycles. The Labute approximate surface area is 113 Å². The molecule has 3 rings (SSSR count). The number of nitrogens with one attached hydrogen (secondary N) is 1. The number of hydrogen-bond donors (Lipinski definition) is 1. The van der Waals surface area contributed by atoms with Gasteiger partial charge in [0, 0.05) is 38.1 Å². The molecule has 102 valence electrons. The maximum Gasteiger partial charge on any atom is 0.154 e. The number of anilines is 1. The molecule has 1 fully saturated rings. The molecule has 5 nitrogen and oxygen atoms in total. The van der Waals surface area contributed by atoms with Crippen molar-refractivity contribution in [1.82, 2.24) is 19.9 Å². The molecular weight excluding hydrogens is 238 g/mol. The third-order valence-electron chi connectivity index (χ3n) is 3.65. The summed E-state index contributed by atoms with van der Waals surface area (Å²) in [6.45, 7) is 9.55. The van der Waals surface area contributed by atoms with Crippen LogP contribution in [0, 0.1) is 0 Å². The van der Waals surface area contributed by atoms with Crippen molar-refractivity contribution in [3.05, 3.63) is 24.2 Å². The Hall–Kier alpha value is -1.62. The highest BCUT2D eigenvalue weighted by Crippen LogP contribution is 2.23. The lowest BCUT2D eigenvalue weighted by molar-refractivity contribution is 0.482. The Morgan fingerprint density at radius 2 is 2.26 bits per heavy atom. The Morgan fingerprint density at radius 3 is 3.00 bits per heavy atom. The molecule has 3 heterocycles. The van der Waals surface area contributed by atoms with E-state index in [1.807, 2.05) is 16.9 Å². The van der Waals surface area contributed by atoms with Gasteiger partial charge < -0.3 is 10.2 Å². The van der Waals surface area contributed by atoms with Gasteiger partial charge in [-0.1, -0.05) is 13.8 Å². The van der Waals surface area contributed by atoms with E-state index in [9.17, 15) is 0 Å². The van der Waals surface area contributed by atoms with Gasteiger partial charge in [0.1, 0.15) is 5.52 Å². The molecule has 2 aromatic heterocycles. The fourth-order valence-electron chi connectivity index (χ4n) is 2.58. The summed E-state index contributed by atoms with van der Waals surface area (Å²) in [5.41, 5.74) is 2.23. The third-order valence-corrected chi connectivity index (χ3v) is 3.65. The number of aromatic nitrogens is 3. The first-order valence-corrected chi connectivity index (χ1v) is 6.98. The first kappa shape index (κ1) is 12.4. The van der Waals surface area contributed by atoms with Gasteiger partial charge in [0.25, 0.3) is 0 Å². The number of fused-ring (bicyclic) bond motifs is 1. The van der Waals surface area contributed by atoms with Crippen molar-refractivity contribution >= 4 is 11.3 Å². The molecule has 0 aromatic carbocycles. The molecule has 2 aromatic rings. The average Bonchev–Trinajstić information content (AvgIpc) is 2.82. The quantitative estimate of drug-likeness (QED) is 0.891. The average molecular weight is 259 g/mol. The van der Waals surface area contributed by atoms with Crippen LogP contribution in [0.2, 0.25) is 0 Å². The maximum absolute atomic E-state index is 4.62. The highest BCUT2D eigenvalue weighted by molar-refractivity contribution is 5.69. The zero-order chi connectivity index (χ0) is 13.4. The first-order valence-electron chi connectivity index (χ1n) is 6.98. The summed E-state index contributed by atoms with van der Waals surface area (Å²) in [5.74, 6) is 1.49. The summed E-state index contributed by atoms with van der Waals surface area (Å²) >= 11 is 0. The van der Waals surface area contributed by atoms with Crippen LogP contribution in [0.25, 0.3) is 5.52 Å². The van der Waals surface area contributed by atoms with Crippen LogP contribution < -0.4 is 10.2 Å². The van der Waals surface area contributed by atoms with E-state index in [0.29, 0.717) is 12.0 Å². The monoisotopic (exact) mass is 259 g/mol. The van der Waals surface area contributed by atoms with Crippen molar-refractivity contribution in [3.63, 3.8) is 0 Å². The second-order valence-electron chi connectivity index (χ2n) is 5.61. The molecule has 1 saturated heterocycles. The summed E-state index contributed by atoms with van der Waals surface area (Å²) < 4.78 is 1.95. The lowest BCUT2D eigenvalue weighted by atomic mass is 10.1. The van der Waals surface area contributed by atoms with Crippen LogP contribution in [0.15, 0.2) is 18.5 Å². The predicted octanol–water partition coefficient (Wildman–Crippen LogP) is 1.65. The van der Waals surface area contributed by atoms with Crippen LogP contribution in [-0.2, 0) is 0 Å². The molecule has 1 N–H and O–H groups in total. The van der Waals surface area contributed by atoms with Crippen LogP contribution in [0.3, 0.4) is 0 Å². The minimum absolute atomic E-state index is 0.440. The van der Waals surface area contributed by atoms with Crippen molar-refractivity contribution in [2.45, 2.75) is 32.7 Å². The Kier molecular flexibility index (Phi) is 3.14. The van der Waals surface area contributed by atoms with Gasteiger partial charge in [0.15, 0.2) is 5.82 Å². The highest BCUT2D eigenvalue weighted by Gasteiger charge is 2.20. The summed E-state index contributed by atoms with van der Waals surface area (Å²) in [4.78, 5) is 6.92. The molecule has 0 bridgehead atoms. The van der Waals surface area contributed by atoms with E-state index in [2.05, 4.69) is 47.1 Å². The Bertz CT molecular complexity index is 574. The van der Waals surface area contributed by atoms with Crippen molar-refractivity contribution < 1.29 is 0 Å². The molecule has 0 spiro atoms. The van der Waals surface area contributed by atoms with E-state index < -0.39 is 0 Å². The molecule has 0 radical (unpaired) electrons. The zero-order valence-electron chi connectivity index (χ0n) is 11.8. The van der Waals surface area contributed by atoms with Gasteiger partial charge >= 0.3 is 0 Å². The lowest BCUT2D eigenvalue weighted by Gasteiger charge is -2.32. The van der Waals surface area contributed by atoms with Crippen LogP contribution in [0.5, 0.6) is 0 Å². The number of piperazine rings is 1. The second kappa shape index (κ2) is 4.81. The fraction of sp³-hybridized carbons (Fsp3) is 0.571. The molecule has 1 unspecified atom stereocenters. The van der Waals surface area contributed by atoms with E-state index in [1.54, 1.807) is 0 Å². The van der Waals surface area contributed by atoms with Gasteiger partial charge in [0.2, 0.25) is 0 Å². The Morgan fingerprint density at radius 1 is 1.42 bits per heavy atom. The predicted molar refractivity (Wildman–Crippen MR) is 76.8 cm³/mol. The second-order valence-corrected chi connectivity index (χ2v) is 5.61. The topological polar surface area (TPSA) is 45.5 Å². The van der Waals surface area contributed by atoms with E-state index in [1.165, 1.54) is 0 Å². The molecule has 0 amide bonds. The van der Waals surface area contributed by atoms with Crippen molar-refractivity contribution in [3.8, 4) is 0 Å². The van der Waals surface area contributed by atoms with Crippen molar-refractivity contribution in [2.75, 3.05) is 24.5 Å². The number of hydrogen-bond acceptors (Lipinski definition) is 4. The van der Waals surface area contributed by atoms with E-state index >= 15 is 0 Å². The van der Waals surface area contributed by atoms with E-state index in [4.69, 9.17) is 0 Å². The SMILES string of the molecule is CC1CN(c2nccn3nc(C(C)C)cc23)CCN1. The van der Waals surface area contributed by atoms with Crippen LogP contribution >= 0.6 is 0 Å². The van der Waals surface area contributed by atoms with Gasteiger partial charge in [-0.3, -0.25) is 0 Å². The normalized spacial score (nSPS) is 20.4. The number of nitrogens with zero attached hydrogens (tertiary/aromatic N) is 4. The van der Waals surface area contributed by atoms with Gasteiger partial charge in [-0.2, -0.15) is 5.10 Å². The molecule has 0 aliphatic carbocycles. The molecule has 1 aliphatic heterocycles. The fourth-order valence-corrected chi connectivity index (χ4v) is 2.58. The van der Waals surface area contributed by atoms with Gasteiger partial charge in [-0.25, -0.2) is 9.50 Å². The summed E-state index contributed by atoms with van der Waals surface area (Å²) in [5, 5.41) is 8.08. The minimum atomic E-state index is 0.440. The molecule has 1 atom stereocenters. The van der Waals surface area contributed by atoms with Gasteiger partial charge in [0.05, 0.1) is 5.69 Å². The van der Waals surface area contributed by atoms with Crippen LogP contribution in [-0.4, -0.2) is 40.3 Å². The minimum Gasteiger partial charge on any atom is -0.352 e. The standard InChI is InChI=1S/C14H21N5/c1-10(2)12-8-13-14(16-5-7-19(13)17-12)18-6-4-15-11(3)9-18/h5,7-8,10-11,15H,4,6,9H2,1-3H3. The summed E-state index contributed by atoms with van der Waals surface area (Å²) in [6.07, 6.45) is 3.77. The number of rotatable bonds is 2. The molecular formula is C14H21N5. The molecule has 19 heavy (non-hydrogen) atoms. The lowest BCUT2D eigenvalue weighted by Crippen LogP contribution is -2.49. The third kappa shape index (κ3) is 2.30.